The summed E-state index contributed by atoms with van der Waals surface area (Å²) in [4.78, 5) is 15.9. The van der Waals surface area contributed by atoms with Crippen molar-refractivity contribution in [1.82, 2.24) is 0 Å². The first-order chi connectivity index (χ1) is 8.09. The highest BCUT2D eigenvalue weighted by atomic mass is 16.1. The van der Waals surface area contributed by atoms with Crippen molar-refractivity contribution in [3.05, 3.63) is 53.3 Å². The number of hydrogen-bond acceptors (Lipinski definition) is 3. The minimum atomic E-state index is -0.147. The van der Waals surface area contributed by atoms with Gasteiger partial charge in [0.15, 0.2) is 0 Å². The molecule has 86 valence electrons. The van der Waals surface area contributed by atoms with Crippen LogP contribution in [0.2, 0.25) is 0 Å². The summed E-state index contributed by atoms with van der Waals surface area (Å²) in [6.45, 7) is 3.81. The van der Waals surface area contributed by atoms with Crippen molar-refractivity contribution in [2.75, 3.05) is 0 Å². The molecule has 0 aliphatic heterocycles. The smallest absolute Gasteiger partial charge is 0.201 e. The Morgan fingerprint density at radius 1 is 1.12 bits per heavy atom. The van der Waals surface area contributed by atoms with Crippen molar-refractivity contribution >= 4 is 17.2 Å². The fraction of sp³-hybridized carbons (Fsp3) is 0.143. The highest BCUT2D eigenvalue weighted by molar-refractivity contribution is 6.22. The van der Waals surface area contributed by atoms with Crippen molar-refractivity contribution in [1.29, 1.82) is 0 Å². The van der Waals surface area contributed by atoms with E-state index in [1.807, 2.05) is 38.1 Å². The van der Waals surface area contributed by atoms with Gasteiger partial charge < -0.3 is 5.73 Å². The molecular weight excluding hydrogens is 212 g/mol. The molecule has 1 aliphatic carbocycles. The van der Waals surface area contributed by atoms with E-state index in [9.17, 15) is 4.79 Å². The predicted molar refractivity (Wildman–Crippen MR) is 69.3 cm³/mol. The van der Waals surface area contributed by atoms with E-state index in [-0.39, 0.29) is 11.5 Å². The van der Waals surface area contributed by atoms with Crippen LogP contribution in [0, 0.1) is 6.92 Å². The maximum Gasteiger partial charge on any atom is 0.201 e. The van der Waals surface area contributed by atoms with Gasteiger partial charge in [-0.25, -0.2) is 4.99 Å². The lowest BCUT2D eigenvalue weighted by Gasteiger charge is -2.11. The van der Waals surface area contributed by atoms with Crippen molar-refractivity contribution < 1.29 is 4.79 Å². The zero-order chi connectivity index (χ0) is 12.4. The largest absolute Gasteiger partial charge is 0.395 e. The number of hydrogen-bond donors (Lipinski definition) is 1. The highest BCUT2D eigenvalue weighted by Gasteiger charge is 2.14. The topological polar surface area (TPSA) is 55.5 Å². The third-order valence-corrected chi connectivity index (χ3v) is 2.80. The maximum atomic E-state index is 11.3. The summed E-state index contributed by atoms with van der Waals surface area (Å²) in [5, 5.41) is 0. The standard InChI is InChI=1S/C14H14N2O/c1-9-5-3-4-6-11(9)16-12-7-8-13(17)14(15)10(12)2/h3-8H,15H2,1-2H3. The number of benzene rings is 1. The van der Waals surface area contributed by atoms with Gasteiger partial charge in [-0.15, -0.1) is 0 Å². The van der Waals surface area contributed by atoms with Crippen LogP contribution < -0.4 is 5.73 Å². The summed E-state index contributed by atoms with van der Waals surface area (Å²) in [7, 11) is 0. The lowest BCUT2D eigenvalue weighted by atomic mass is 10.0. The zero-order valence-electron chi connectivity index (χ0n) is 9.90. The van der Waals surface area contributed by atoms with Crippen LogP contribution in [0.1, 0.15) is 12.5 Å². The number of allylic oxidation sites excluding steroid dienone is 3. The summed E-state index contributed by atoms with van der Waals surface area (Å²) < 4.78 is 0. The van der Waals surface area contributed by atoms with Crippen molar-refractivity contribution in [2.24, 2.45) is 10.7 Å². The molecule has 2 N–H and O–H groups in total. The monoisotopic (exact) mass is 226 g/mol. The molecule has 0 fully saturated rings. The number of rotatable bonds is 1. The van der Waals surface area contributed by atoms with E-state index in [1.165, 1.54) is 6.08 Å². The molecule has 3 heteroatoms. The van der Waals surface area contributed by atoms with Crippen molar-refractivity contribution in [3.8, 4) is 0 Å². The Kier molecular flexibility index (Phi) is 2.91. The van der Waals surface area contributed by atoms with Gasteiger partial charge in [-0.05, 0) is 37.6 Å². The molecule has 1 aliphatic rings. The molecule has 0 radical (unpaired) electrons. The molecule has 0 saturated heterocycles. The summed E-state index contributed by atoms with van der Waals surface area (Å²) in [5.74, 6) is -0.147. The molecule has 0 aromatic heterocycles. The summed E-state index contributed by atoms with van der Waals surface area (Å²) in [5.41, 5.74) is 9.45. The van der Waals surface area contributed by atoms with E-state index in [0.717, 1.165) is 22.5 Å². The Morgan fingerprint density at radius 2 is 1.82 bits per heavy atom. The van der Waals surface area contributed by atoms with Crippen LogP contribution in [0.5, 0.6) is 0 Å². The Labute approximate surface area is 100 Å². The normalized spacial score (nSPS) is 18.0. The first-order valence-electron chi connectivity index (χ1n) is 5.43. The molecule has 0 amide bonds. The predicted octanol–water partition coefficient (Wildman–Crippen LogP) is 2.44. The molecule has 1 aromatic rings. The van der Waals surface area contributed by atoms with Gasteiger partial charge >= 0.3 is 0 Å². The lowest BCUT2D eigenvalue weighted by Crippen LogP contribution is -2.18. The van der Waals surface area contributed by atoms with E-state index in [2.05, 4.69) is 4.99 Å². The second-order valence-electron chi connectivity index (χ2n) is 4.02. The van der Waals surface area contributed by atoms with Crippen LogP contribution in [0.4, 0.5) is 5.69 Å². The van der Waals surface area contributed by atoms with Gasteiger partial charge in [0.05, 0.1) is 17.1 Å². The van der Waals surface area contributed by atoms with E-state index in [1.54, 1.807) is 6.08 Å². The Balaban J connectivity index is 2.46. The maximum absolute atomic E-state index is 11.3. The molecule has 0 bridgehead atoms. The number of aryl methyl sites for hydroxylation is 1. The molecule has 0 saturated carbocycles. The minimum absolute atomic E-state index is 0.147. The van der Waals surface area contributed by atoms with Crippen LogP contribution in [-0.4, -0.2) is 11.5 Å². The van der Waals surface area contributed by atoms with Gasteiger partial charge in [-0.3, -0.25) is 4.79 Å². The Bertz CT molecular complexity index is 565. The number of ketones is 1. The fourth-order valence-corrected chi connectivity index (χ4v) is 1.63. The SMILES string of the molecule is CC1=C(N)C(=O)C=CC1=Nc1ccccc1C. The number of nitrogens with two attached hydrogens (primary N) is 1. The van der Waals surface area contributed by atoms with Crippen LogP contribution in [0.3, 0.4) is 0 Å². The molecule has 0 spiro atoms. The van der Waals surface area contributed by atoms with Gasteiger partial charge in [0.25, 0.3) is 0 Å². The van der Waals surface area contributed by atoms with E-state index < -0.39 is 0 Å². The van der Waals surface area contributed by atoms with E-state index >= 15 is 0 Å². The van der Waals surface area contributed by atoms with Gasteiger partial charge in [0, 0.05) is 5.57 Å². The summed E-state index contributed by atoms with van der Waals surface area (Å²) in [6, 6.07) is 7.85. The molecule has 0 atom stereocenters. The lowest BCUT2D eigenvalue weighted by molar-refractivity contribution is -0.111. The summed E-state index contributed by atoms with van der Waals surface area (Å²) >= 11 is 0. The first-order valence-corrected chi connectivity index (χ1v) is 5.43. The van der Waals surface area contributed by atoms with Crippen molar-refractivity contribution in [3.63, 3.8) is 0 Å². The number of carbonyl (C=O) groups excluding carboxylic acids is 1. The molecule has 3 nitrogen and oxygen atoms in total. The molecule has 1 aromatic carbocycles. The molecule has 17 heavy (non-hydrogen) atoms. The first kappa shape index (κ1) is 11.3. The number of para-hydroxylation sites is 1. The second-order valence-corrected chi connectivity index (χ2v) is 4.02. The van der Waals surface area contributed by atoms with Crippen LogP contribution in [-0.2, 0) is 4.79 Å². The Morgan fingerprint density at radius 3 is 2.53 bits per heavy atom. The highest BCUT2D eigenvalue weighted by Crippen LogP contribution is 2.20. The molecule has 2 rings (SSSR count). The number of aliphatic imine (C=N–C) groups is 1. The Hall–Kier alpha value is -2.16. The number of nitrogens with zero attached hydrogens (tertiary/aromatic N) is 1. The van der Waals surface area contributed by atoms with Gasteiger partial charge in [0.2, 0.25) is 5.78 Å². The average Bonchev–Trinajstić information content (AvgIpc) is 2.32. The third-order valence-electron chi connectivity index (χ3n) is 2.80. The fourth-order valence-electron chi connectivity index (χ4n) is 1.63. The van der Waals surface area contributed by atoms with Gasteiger partial charge in [-0.2, -0.15) is 0 Å². The minimum Gasteiger partial charge on any atom is -0.395 e. The third kappa shape index (κ3) is 2.18. The molecule has 0 heterocycles. The molecular formula is C14H14N2O. The number of carbonyl (C=O) groups is 1. The average molecular weight is 226 g/mol. The van der Waals surface area contributed by atoms with Gasteiger partial charge in [-0.1, -0.05) is 18.2 Å². The van der Waals surface area contributed by atoms with Crippen molar-refractivity contribution in [2.45, 2.75) is 13.8 Å². The van der Waals surface area contributed by atoms with Crippen LogP contribution in [0.25, 0.3) is 0 Å². The van der Waals surface area contributed by atoms with E-state index in [0.29, 0.717) is 0 Å². The van der Waals surface area contributed by atoms with Crippen LogP contribution in [0.15, 0.2) is 52.7 Å². The summed E-state index contributed by atoms with van der Waals surface area (Å²) in [6.07, 6.45) is 3.17. The van der Waals surface area contributed by atoms with Gasteiger partial charge in [0.1, 0.15) is 0 Å². The van der Waals surface area contributed by atoms with E-state index in [4.69, 9.17) is 5.73 Å². The van der Waals surface area contributed by atoms with Crippen LogP contribution >= 0.6 is 0 Å². The molecule has 0 unspecified atom stereocenters. The zero-order valence-corrected chi connectivity index (χ0v) is 9.90. The second kappa shape index (κ2) is 4.37. The quantitative estimate of drug-likeness (QED) is 0.748.